The lowest BCUT2D eigenvalue weighted by molar-refractivity contribution is -0.385. The largest absolute Gasteiger partial charge is 0.456 e. The summed E-state index contributed by atoms with van der Waals surface area (Å²) < 4.78 is 16.5. The molecule has 352 valence electrons. The molecule has 4 aliphatic heterocycles. The number of non-ortho nitro benzene ring substituents is 3. The van der Waals surface area contributed by atoms with Gasteiger partial charge in [-0.1, -0.05) is 6.92 Å². The maximum absolute atomic E-state index is 14.4. The number of aliphatic hydroxyl groups is 1. The number of rotatable bonds is 15. The fourth-order valence-electron chi connectivity index (χ4n) is 8.48. The Hall–Kier alpha value is -7.47. The quantitative estimate of drug-likeness (QED) is 0.0417. The minimum atomic E-state index is -1.09. The first kappa shape index (κ1) is 47.5. The van der Waals surface area contributed by atoms with Crippen LogP contribution in [0.4, 0.5) is 21.9 Å². The molecule has 0 aromatic heterocycles. The van der Waals surface area contributed by atoms with Crippen LogP contribution in [0.1, 0.15) is 43.4 Å². The van der Waals surface area contributed by atoms with E-state index in [9.17, 15) is 59.4 Å². The predicted octanol–water partition coefficient (Wildman–Crippen LogP) is 3.74. The van der Waals surface area contributed by atoms with Crippen LogP contribution < -0.4 is 5.73 Å². The van der Waals surface area contributed by atoms with Gasteiger partial charge in [-0.3, -0.25) is 49.8 Å². The molecule has 3 amide bonds. The van der Waals surface area contributed by atoms with E-state index in [1.165, 1.54) is 106 Å². The maximum Gasteiger partial charge on any atom is 0.410 e. The number of esters is 2. The second-order valence-corrected chi connectivity index (χ2v) is 17.7. The zero-order chi connectivity index (χ0) is 48.3. The first-order valence-corrected chi connectivity index (χ1v) is 21.8. The number of hydrogen-bond acceptors (Lipinski definition) is 17. The number of carbonyl (C=O) groups excluding carboxylic acids is 5. The maximum atomic E-state index is 14.4. The van der Waals surface area contributed by atoms with E-state index in [0.717, 1.165) is 0 Å². The Bertz CT molecular complexity index is 2540. The molecule has 3 fully saturated rings. The Balaban J connectivity index is 1.08. The molecule has 67 heavy (non-hydrogen) atoms. The molecule has 3 aromatic carbocycles. The van der Waals surface area contributed by atoms with Crippen LogP contribution in [-0.4, -0.2) is 119 Å². The highest BCUT2D eigenvalue weighted by Gasteiger charge is 2.61. The van der Waals surface area contributed by atoms with E-state index >= 15 is 0 Å². The molecule has 0 unspecified atom stereocenters. The van der Waals surface area contributed by atoms with E-state index in [-0.39, 0.29) is 68.6 Å². The van der Waals surface area contributed by atoms with Gasteiger partial charge < -0.3 is 34.9 Å². The summed E-state index contributed by atoms with van der Waals surface area (Å²) in [6.45, 7) is 2.66. The molecule has 0 saturated carbocycles. The minimum absolute atomic E-state index is 0.0293. The van der Waals surface area contributed by atoms with Gasteiger partial charge in [0, 0.05) is 72.1 Å². The van der Waals surface area contributed by atoms with Gasteiger partial charge in [0.05, 0.1) is 38.9 Å². The number of β-lactam (4-membered cyclic amide) rings is 1. The molecular formula is C43H44N8O15S. The van der Waals surface area contributed by atoms with Crippen molar-refractivity contribution in [2.24, 2.45) is 22.6 Å². The van der Waals surface area contributed by atoms with Gasteiger partial charge in [-0.25, -0.2) is 14.4 Å². The number of nitrogens with zero attached hydrogens (tertiary/aromatic N) is 7. The van der Waals surface area contributed by atoms with Crippen molar-refractivity contribution in [2.75, 3.05) is 19.6 Å². The Morgan fingerprint density at radius 1 is 0.821 bits per heavy atom. The highest BCUT2D eigenvalue weighted by molar-refractivity contribution is 8.03. The van der Waals surface area contributed by atoms with Crippen molar-refractivity contribution in [3.05, 3.63) is 130 Å². The lowest BCUT2D eigenvalue weighted by Gasteiger charge is -2.46. The summed E-state index contributed by atoms with van der Waals surface area (Å²) in [5.74, 6) is -4.47. The Kier molecular flexibility index (Phi) is 14.1. The van der Waals surface area contributed by atoms with Crippen molar-refractivity contribution in [2.45, 2.75) is 76.0 Å². The number of aliphatic imine (C=N–C) groups is 1. The number of aliphatic hydroxyl groups excluding tert-OH is 1. The molecule has 23 nitrogen and oxygen atoms in total. The van der Waals surface area contributed by atoms with Crippen molar-refractivity contribution >= 4 is 64.5 Å². The summed E-state index contributed by atoms with van der Waals surface area (Å²) in [4.78, 5) is 109. The molecular weight excluding hydrogens is 901 g/mol. The van der Waals surface area contributed by atoms with E-state index in [4.69, 9.17) is 19.9 Å². The van der Waals surface area contributed by atoms with Crippen LogP contribution in [0.2, 0.25) is 0 Å². The number of fused-ring (bicyclic) bond motifs is 1. The van der Waals surface area contributed by atoms with E-state index in [2.05, 4.69) is 4.99 Å². The van der Waals surface area contributed by atoms with E-state index in [0.29, 0.717) is 28.0 Å². The first-order valence-electron chi connectivity index (χ1n) is 20.9. The predicted molar refractivity (Wildman–Crippen MR) is 234 cm³/mol. The number of hydrogen-bond donors (Lipinski definition) is 2. The first-order chi connectivity index (χ1) is 31.9. The zero-order valence-corrected chi connectivity index (χ0v) is 36.7. The molecule has 0 aliphatic carbocycles. The van der Waals surface area contributed by atoms with Gasteiger partial charge >= 0.3 is 18.0 Å². The number of nitro groups is 3. The standard InChI is InChI=1S/C43H44N8O15S/c1-23-35-34(24(2)52)40(54)48(35)36(41(55)64-20-25-3-9-29(10-4-25)49(58)59)37(23)67-32-17-33(47(19-32)43(57)66-22-27-7-13-31(14-8-27)51(62)63)39(53)46-16-15-28(18-46)45-38(44)42(56)65-21-26-5-11-30(12-6-26)50(60)61/h3-14,23-24,28,32-35,52H,15-22H2,1-2H3,(H2,44,45)/t23-,24-,28+,32+,33+,34-,35-/m1/s1. The van der Waals surface area contributed by atoms with Crippen molar-refractivity contribution < 1.29 is 58.1 Å². The molecule has 0 spiro atoms. The Morgan fingerprint density at radius 3 is 1.84 bits per heavy atom. The molecule has 0 radical (unpaired) electrons. The SMILES string of the molecule is C[C@@H](O)[C@H]1C(=O)N2C(C(=O)OCc3ccc([N+](=O)[O-])cc3)=C(S[C@H]3C[C@@H](C(=O)N4CC[C@H](N=C(N)C(=O)OCc5ccc([N+](=O)[O-])cc5)C4)N(C(=O)OCc4ccc([N+](=O)[O-])cc4)C3)[C@H](C)[C@H]12. The highest BCUT2D eigenvalue weighted by Crippen LogP contribution is 2.52. The second kappa shape index (κ2) is 20.0. The fraction of sp³-hybridized carbons (Fsp3) is 0.395. The van der Waals surface area contributed by atoms with E-state index in [1.807, 2.05) is 0 Å². The lowest BCUT2D eigenvalue weighted by Crippen LogP contribution is -2.63. The molecule has 7 atom stereocenters. The molecule has 0 bridgehead atoms. The number of nitrogens with two attached hydrogens (primary N) is 1. The van der Waals surface area contributed by atoms with Gasteiger partial charge in [-0.2, -0.15) is 0 Å². The summed E-state index contributed by atoms with van der Waals surface area (Å²) in [5.41, 5.74) is 6.85. The summed E-state index contributed by atoms with van der Waals surface area (Å²) in [6.07, 6.45) is -1.53. The van der Waals surface area contributed by atoms with E-state index < -0.39 is 91.8 Å². The molecule has 24 heteroatoms. The van der Waals surface area contributed by atoms with Gasteiger partial charge in [0.15, 0.2) is 0 Å². The third-order valence-electron chi connectivity index (χ3n) is 11.9. The number of benzene rings is 3. The Labute approximate surface area is 384 Å². The Morgan fingerprint density at radius 2 is 1.33 bits per heavy atom. The minimum Gasteiger partial charge on any atom is -0.456 e. The van der Waals surface area contributed by atoms with Crippen molar-refractivity contribution in [1.29, 1.82) is 0 Å². The zero-order valence-electron chi connectivity index (χ0n) is 35.9. The van der Waals surface area contributed by atoms with Crippen LogP contribution in [0.5, 0.6) is 0 Å². The number of nitro benzene ring substituents is 3. The number of amidine groups is 1. The average Bonchev–Trinajstić information content (AvgIpc) is 4.02. The summed E-state index contributed by atoms with van der Waals surface area (Å²) in [5, 5.41) is 43.2. The van der Waals surface area contributed by atoms with Crippen LogP contribution in [0.3, 0.4) is 0 Å². The van der Waals surface area contributed by atoms with Crippen LogP contribution in [0, 0.1) is 42.2 Å². The molecule has 3 saturated heterocycles. The monoisotopic (exact) mass is 944 g/mol. The number of likely N-dealkylation sites (tertiary alicyclic amines) is 2. The topological polar surface area (TPSA) is 311 Å². The molecule has 4 aliphatic rings. The highest BCUT2D eigenvalue weighted by atomic mass is 32.2. The van der Waals surface area contributed by atoms with Gasteiger partial charge in [-0.05, 0) is 72.9 Å². The average molecular weight is 945 g/mol. The molecule has 3 N–H and O–H groups in total. The molecule has 3 aromatic rings. The number of amides is 3. The second-order valence-electron chi connectivity index (χ2n) is 16.3. The fourth-order valence-corrected chi connectivity index (χ4v) is 10.0. The summed E-state index contributed by atoms with van der Waals surface area (Å²) >= 11 is 1.19. The smallest absolute Gasteiger partial charge is 0.410 e. The number of thioether (sulfide) groups is 1. The van der Waals surface area contributed by atoms with E-state index in [1.54, 1.807) is 6.92 Å². The number of carbonyl (C=O) groups is 5. The molecule has 7 rings (SSSR count). The van der Waals surface area contributed by atoms with Crippen LogP contribution in [0.25, 0.3) is 0 Å². The molecule has 4 heterocycles. The number of ether oxygens (including phenoxy) is 3. The normalized spacial score (nSPS) is 22.8. The summed E-state index contributed by atoms with van der Waals surface area (Å²) in [6, 6.07) is 13.9. The third kappa shape index (κ3) is 10.3. The van der Waals surface area contributed by atoms with Crippen LogP contribution in [0.15, 0.2) is 88.4 Å². The van der Waals surface area contributed by atoms with Crippen LogP contribution in [-0.2, 0) is 53.2 Å². The van der Waals surface area contributed by atoms with Gasteiger partial charge in [0.25, 0.3) is 17.1 Å². The third-order valence-corrected chi connectivity index (χ3v) is 13.4. The van der Waals surface area contributed by atoms with Crippen LogP contribution >= 0.6 is 11.8 Å². The van der Waals surface area contributed by atoms with Gasteiger partial charge in [-0.15, -0.1) is 11.8 Å². The lowest BCUT2D eigenvalue weighted by atomic mass is 9.79. The van der Waals surface area contributed by atoms with Crippen molar-refractivity contribution in [1.82, 2.24) is 14.7 Å². The van der Waals surface area contributed by atoms with Crippen molar-refractivity contribution in [3.8, 4) is 0 Å². The van der Waals surface area contributed by atoms with Gasteiger partial charge in [0.2, 0.25) is 17.6 Å². The van der Waals surface area contributed by atoms with Gasteiger partial charge in [0.1, 0.15) is 31.6 Å². The summed E-state index contributed by atoms with van der Waals surface area (Å²) in [7, 11) is 0. The van der Waals surface area contributed by atoms with Crippen molar-refractivity contribution in [3.63, 3.8) is 0 Å².